The number of rotatable bonds is 2. The molecule has 0 amide bonds. The largest absolute Gasteiger partial charge is 0.381 e. The van der Waals surface area contributed by atoms with Crippen molar-refractivity contribution in [3.63, 3.8) is 0 Å². The number of benzene rings is 1. The highest BCUT2D eigenvalue weighted by atomic mass is 35.5. The molecule has 4 heteroatoms. The molecule has 19 heavy (non-hydrogen) atoms. The SMILES string of the molecule is Cc1ccc(-c2nccn2C2CCOCC2)cc1Cl. The Bertz CT molecular complexity index is 573. The highest BCUT2D eigenvalue weighted by Crippen LogP contribution is 2.29. The molecular formula is C15H17ClN2O. The summed E-state index contributed by atoms with van der Waals surface area (Å²) in [5, 5.41) is 0.791. The minimum Gasteiger partial charge on any atom is -0.381 e. The van der Waals surface area contributed by atoms with E-state index in [4.69, 9.17) is 16.3 Å². The summed E-state index contributed by atoms with van der Waals surface area (Å²) in [6.45, 7) is 3.67. The van der Waals surface area contributed by atoms with Crippen LogP contribution in [0.1, 0.15) is 24.4 Å². The molecule has 0 N–H and O–H groups in total. The van der Waals surface area contributed by atoms with Crippen LogP contribution in [0.25, 0.3) is 11.4 Å². The Kier molecular flexibility index (Phi) is 3.58. The molecule has 0 saturated carbocycles. The molecule has 0 spiro atoms. The average molecular weight is 277 g/mol. The first kappa shape index (κ1) is 12.7. The fourth-order valence-electron chi connectivity index (χ4n) is 2.53. The standard InChI is InChI=1S/C15H17ClN2O/c1-11-2-3-12(10-14(11)16)15-17-6-7-18(15)13-4-8-19-9-5-13/h2-3,6-7,10,13H,4-5,8-9H2,1H3. The zero-order valence-corrected chi connectivity index (χ0v) is 11.7. The lowest BCUT2D eigenvalue weighted by atomic mass is 10.1. The van der Waals surface area contributed by atoms with Gasteiger partial charge in [0.25, 0.3) is 0 Å². The van der Waals surface area contributed by atoms with Crippen molar-refractivity contribution in [1.82, 2.24) is 9.55 Å². The molecule has 1 aromatic heterocycles. The van der Waals surface area contributed by atoms with Crippen LogP contribution in [0.4, 0.5) is 0 Å². The fourth-order valence-corrected chi connectivity index (χ4v) is 2.71. The third-order valence-corrected chi connectivity index (χ3v) is 4.09. The average Bonchev–Trinajstić information content (AvgIpc) is 2.92. The van der Waals surface area contributed by atoms with E-state index in [1.807, 2.05) is 25.3 Å². The van der Waals surface area contributed by atoms with E-state index in [0.29, 0.717) is 6.04 Å². The van der Waals surface area contributed by atoms with Crippen LogP contribution in [0.5, 0.6) is 0 Å². The van der Waals surface area contributed by atoms with E-state index in [0.717, 1.165) is 48.0 Å². The maximum atomic E-state index is 6.21. The van der Waals surface area contributed by atoms with Gasteiger partial charge in [0, 0.05) is 42.2 Å². The second kappa shape index (κ2) is 5.35. The first-order chi connectivity index (χ1) is 9.25. The van der Waals surface area contributed by atoms with E-state index in [1.54, 1.807) is 0 Å². The van der Waals surface area contributed by atoms with Crippen LogP contribution >= 0.6 is 11.6 Å². The molecule has 0 radical (unpaired) electrons. The molecule has 1 aliphatic rings. The molecule has 2 heterocycles. The molecule has 0 aliphatic carbocycles. The Morgan fingerprint density at radius 2 is 2.11 bits per heavy atom. The number of hydrogen-bond acceptors (Lipinski definition) is 2. The molecule has 1 fully saturated rings. The van der Waals surface area contributed by atoms with Gasteiger partial charge in [-0.05, 0) is 31.4 Å². The van der Waals surface area contributed by atoms with E-state index >= 15 is 0 Å². The third kappa shape index (κ3) is 2.53. The van der Waals surface area contributed by atoms with Crippen molar-refractivity contribution >= 4 is 11.6 Å². The summed E-state index contributed by atoms with van der Waals surface area (Å²) in [5.41, 5.74) is 2.17. The lowest BCUT2D eigenvalue weighted by molar-refractivity contribution is 0.0700. The number of ether oxygens (including phenoxy) is 1. The molecular weight excluding hydrogens is 260 g/mol. The summed E-state index contributed by atoms with van der Waals surface area (Å²) < 4.78 is 7.68. The molecule has 1 saturated heterocycles. The predicted molar refractivity (Wildman–Crippen MR) is 76.5 cm³/mol. The van der Waals surface area contributed by atoms with Crippen LogP contribution in [0.3, 0.4) is 0 Å². The molecule has 1 aromatic carbocycles. The highest BCUT2D eigenvalue weighted by Gasteiger charge is 2.19. The summed E-state index contributed by atoms with van der Waals surface area (Å²) in [7, 11) is 0. The van der Waals surface area contributed by atoms with Crippen LogP contribution in [-0.4, -0.2) is 22.8 Å². The van der Waals surface area contributed by atoms with Crippen molar-refractivity contribution in [1.29, 1.82) is 0 Å². The maximum Gasteiger partial charge on any atom is 0.140 e. The van der Waals surface area contributed by atoms with Gasteiger partial charge in [-0.1, -0.05) is 23.7 Å². The Hall–Kier alpha value is -1.32. The summed E-state index contributed by atoms with van der Waals surface area (Å²) in [4.78, 5) is 4.50. The van der Waals surface area contributed by atoms with E-state index < -0.39 is 0 Å². The smallest absolute Gasteiger partial charge is 0.140 e. The lowest BCUT2D eigenvalue weighted by Crippen LogP contribution is -2.19. The van der Waals surface area contributed by atoms with Gasteiger partial charge in [-0.25, -0.2) is 4.98 Å². The van der Waals surface area contributed by atoms with Crippen LogP contribution < -0.4 is 0 Å². The van der Waals surface area contributed by atoms with Gasteiger partial charge in [-0.15, -0.1) is 0 Å². The second-order valence-corrected chi connectivity index (χ2v) is 5.37. The van der Waals surface area contributed by atoms with E-state index in [9.17, 15) is 0 Å². The van der Waals surface area contributed by atoms with Crippen molar-refractivity contribution in [3.05, 3.63) is 41.2 Å². The lowest BCUT2D eigenvalue weighted by Gasteiger charge is -2.25. The number of imidazole rings is 1. The van der Waals surface area contributed by atoms with Crippen molar-refractivity contribution < 1.29 is 4.74 Å². The molecule has 0 unspecified atom stereocenters. The van der Waals surface area contributed by atoms with Crippen LogP contribution in [0.15, 0.2) is 30.6 Å². The van der Waals surface area contributed by atoms with Crippen LogP contribution in [-0.2, 0) is 4.74 Å². The first-order valence-electron chi connectivity index (χ1n) is 6.63. The second-order valence-electron chi connectivity index (χ2n) is 4.97. The number of halogens is 1. The predicted octanol–water partition coefficient (Wildman–Crippen LogP) is 3.86. The van der Waals surface area contributed by atoms with Gasteiger partial charge in [0.1, 0.15) is 5.82 Å². The van der Waals surface area contributed by atoms with Gasteiger partial charge >= 0.3 is 0 Å². The van der Waals surface area contributed by atoms with Crippen LogP contribution in [0.2, 0.25) is 5.02 Å². The number of nitrogens with zero attached hydrogens (tertiary/aromatic N) is 2. The van der Waals surface area contributed by atoms with Crippen molar-refractivity contribution in [3.8, 4) is 11.4 Å². The van der Waals surface area contributed by atoms with Crippen molar-refractivity contribution in [2.75, 3.05) is 13.2 Å². The van der Waals surface area contributed by atoms with Gasteiger partial charge in [-0.3, -0.25) is 0 Å². The number of hydrogen-bond donors (Lipinski definition) is 0. The summed E-state index contributed by atoms with van der Waals surface area (Å²) >= 11 is 6.21. The summed E-state index contributed by atoms with van der Waals surface area (Å²) in [6, 6.07) is 6.60. The molecule has 1 aliphatic heterocycles. The highest BCUT2D eigenvalue weighted by molar-refractivity contribution is 6.31. The monoisotopic (exact) mass is 276 g/mol. The van der Waals surface area contributed by atoms with Crippen LogP contribution in [0, 0.1) is 6.92 Å². The fraction of sp³-hybridized carbons (Fsp3) is 0.400. The van der Waals surface area contributed by atoms with Crippen molar-refractivity contribution in [2.45, 2.75) is 25.8 Å². The molecule has 3 nitrogen and oxygen atoms in total. The molecule has 0 bridgehead atoms. The topological polar surface area (TPSA) is 27.1 Å². The number of aryl methyl sites for hydroxylation is 1. The van der Waals surface area contributed by atoms with Gasteiger partial charge in [0.15, 0.2) is 0 Å². The Morgan fingerprint density at radius 1 is 1.32 bits per heavy atom. The summed E-state index contributed by atoms with van der Waals surface area (Å²) in [6.07, 6.45) is 6.00. The normalized spacial score (nSPS) is 16.7. The third-order valence-electron chi connectivity index (χ3n) is 3.68. The molecule has 2 aromatic rings. The van der Waals surface area contributed by atoms with Gasteiger partial charge in [0.05, 0.1) is 0 Å². The Labute approximate surface area is 118 Å². The van der Waals surface area contributed by atoms with E-state index in [2.05, 4.69) is 21.8 Å². The Balaban J connectivity index is 1.96. The minimum atomic E-state index is 0.478. The van der Waals surface area contributed by atoms with E-state index in [-0.39, 0.29) is 0 Å². The quantitative estimate of drug-likeness (QED) is 0.833. The zero-order valence-electron chi connectivity index (χ0n) is 11.0. The molecule has 0 atom stereocenters. The first-order valence-corrected chi connectivity index (χ1v) is 7.00. The summed E-state index contributed by atoms with van der Waals surface area (Å²) in [5.74, 6) is 0.994. The van der Waals surface area contributed by atoms with Gasteiger partial charge in [-0.2, -0.15) is 0 Å². The number of aromatic nitrogens is 2. The van der Waals surface area contributed by atoms with Gasteiger partial charge in [0.2, 0.25) is 0 Å². The van der Waals surface area contributed by atoms with E-state index in [1.165, 1.54) is 0 Å². The molecule has 3 rings (SSSR count). The maximum absolute atomic E-state index is 6.21. The minimum absolute atomic E-state index is 0.478. The molecule has 100 valence electrons. The Morgan fingerprint density at radius 3 is 2.84 bits per heavy atom. The van der Waals surface area contributed by atoms with Gasteiger partial charge < -0.3 is 9.30 Å². The zero-order chi connectivity index (χ0) is 13.2. The van der Waals surface area contributed by atoms with Crippen molar-refractivity contribution in [2.24, 2.45) is 0 Å².